The molecule has 2 rings (SSSR count). The molecule has 1 N–H and O–H groups in total. The van der Waals surface area contributed by atoms with Gasteiger partial charge in [-0.05, 0) is 31.0 Å². The Kier molecular flexibility index (Phi) is 4.20. The highest BCUT2D eigenvalue weighted by molar-refractivity contribution is 5.83. The third-order valence-electron chi connectivity index (χ3n) is 3.08. The molecule has 0 aliphatic heterocycles. The van der Waals surface area contributed by atoms with Gasteiger partial charge in [-0.3, -0.25) is 0 Å². The molecule has 1 aromatic carbocycles. The average Bonchev–Trinajstić information content (AvgIpc) is 2.70. The van der Waals surface area contributed by atoms with E-state index < -0.39 is 11.6 Å². The van der Waals surface area contributed by atoms with E-state index >= 15 is 0 Å². The summed E-state index contributed by atoms with van der Waals surface area (Å²) in [5, 5.41) is 3.84. The number of fused-ring (bicyclic) bond motifs is 1. The van der Waals surface area contributed by atoms with Gasteiger partial charge < -0.3 is 9.73 Å². The monoisotopic (exact) mass is 267 g/mol. The van der Waals surface area contributed by atoms with Crippen molar-refractivity contribution in [2.24, 2.45) is 5.92 Å². The van der Waals surface area contributed by atoms with Crippen molar-refractivity contribution < 1.29 is 13.2 Å². The molecule has 2 aromatic rings. The predicted octanol–water partition coefficient (Wildman–Crippen LogP) is 4.02. The first-order chi connectivity index (χ1) is 9.04. The summed E-state index contributed by atoms with van der Waals surface area (Å²) in [6, 6.07) is 2.76. The van der Waals surface area contributed by atoms with Crippen LogP contribution in [0.2, 0.25) is 0 Å². The molecule has 0 saturated carbocycles. The van der Waals surface area contributed by atoms with Crippen LogP contribution in [-0.2, 0) is 13.0 Å². The van der Waals surface area contributed by atoms with E-state index in [0.717, 1.165) is 24.6 Å². The summed E-state index contributed by atoms with van der Waals surface area (Å²) < 4.78 is 32.6. The molecule has 0 fully saturated rings. The van der Waals surface area contributed by atoms with E-state index in [1.165, 1.54) is 0 Å². The van der Waals surface area contributed by atoms with Gasteiger partial charge in [0.05, 0.1) is 6.54 Å². The second-order valence-electron chi connectivity index (χ2n) is 5.12. The normalized spacial score (nSPS) is 11.7. The third kappa shape index (κ3) is 2.78. The Hall–Kier alpha value is -1.42. The first kappa shape index (κ1) is 14.0. The fourth-order valence-electron chi connectivity index (χ4n) is 2.22. The molecule has 0 bridgehead atoms. The average molecular weight is 267 g/mol. The zero-order valence-corrected chi connectivity index (χ0v) is 11.5. The van der Waals surface area contributed by atoms with Gasteiger partial charge >= 0.3 is 0 Å². The van der Waals surface area contributed by atoms with E-state index in [2.05, 4.69) is 19.2 Å². The predicted molar refractivity (Wildman–Crippen MR) is 72.1 cm³/mol. The van der Waals surface area contributed by atoms with E-state index in [9.17, 15) is 8.78 Å². The van der Waals surface area contributed by atoms with Gasteiger partial charge in [-0.2, -0.15) is 4.39 Å². The van der Waals surface area contributed by atoms with Crippen molar-refractivity contribution in [1.29, 1.82) is 0 Å². The summed E-state index contributed by atoms with van der Waals surface area (Å²) in [5.74, 6) is -0.637. The van der Waals surface area contributed by atoms with Crippen molar-refractivity contribution in [3.63, 3.8) is 0 Å². The standard InChI is InChI=1S/C15H19F2NO/c1-4-18-8-13-11(7-9(2)3)10-5-6-12(16)14(17)15(10)19-13/h5-6,9,18H,4,7-8H2,1-3H3. The Labute approximate surface area is 111 Å². The van der Waals surface area contributed by atoms with Crippen LogP contribution in [0.1, 0.15) is 32.1 Å². The van der Waals surface area contributed by atoms with Gasteiger partial charge in [0.2, 0.25) is 5.82 Å². The molecule has 0 saturated heterocycles. The minimum absolute atomic E-state index is 0.0311. The number of halogens is 2. The molecule has 0 aliphatic carbocycles. The van der Waals surface area contributed by atoms with Crippen LogP contribution in [0, 0.1) is 17.6 Å². The van der Waals surface area contributed by atoms with Gasteiger partial charge in [0.1, 0.15) is 5.76 Å². The van der Waals surface area contributed by atoms with Crippen molar-refractivity contribution in [2.45, 2.75) is 33.7 Å². The first-order valence-corrected chi connectivity index (χ1v) is 6.63. The number of benzene rings is 1. The summed E-state index contributed by atoms with van der Waals surface area (Å²) in [6.07, 6.45) is 0.790. The van der Waals surface area contributed by atoms with Gasteiger partial charge in [0.25, 0.3) is 0 Å². The maximum atomic E-state index is 13.8. The molecule has 0 aliphatic rings. The third-order valence-corrected chi connectivity index (χ3v) is 3.08. The molecule has 0 unspecified atom stereocenters. The minimum atomic E-state index is -0.898. The lowest BCUT2D eigenvalue weighted by Gasteiger charge is -2.06. The highest BCUT2D eigenvalue weighted by atomic mass is 19.2. The lowest BCUT2D eigenvalue weighted by molar-refractivity contribution is 0.466. The number of hydrogen-bond donors (Lipinski definition) is 1. The Morgan fingerprint density at radius 1 is 1.26 bits per heavy atom. The van der Waals surface area contributed by atoms with Gasteiger partial charge in [0.15, 0.2) is 11.4 Å². The van der Waals surface area contributed by atoms with Crippen molar-refractivity contribution in [3.8, 4) is 0 Å². The fraction of sp³-hybridized carbons (Fsp3) is 0.467. The van der Waals surface area contributed by atoms with Crippen molar-refractivity contribution in [1.82, 2.24) is 5.32 Å². The van der Waals surface area contributed by atoms with Crippen LogP contribution in [0.4, 0.5) is 8.78 Å². The summed E-state index contributed by atoms with van der Waals surface area (Å²) in [7, 11) is 0. The summed E-state index contributed by atoms with van der Waals surface area (Å²) in [4.78, 5) is 0. The Morgan fingerprint density at radius 3 is 2.63 bits per heavy atom. The summed E-state index contributed by atoms with van der Waals surface area (Å²) in [5.41, 5.74) is 1.01. The molecule has 0 amide bonds. The highest BCUT2D eigenvalue weighted by Gasteiger charge is 2.19. The number of hydrogen-bond acceptors (Lipinski definition) is 2. The van der Waals surface area contributed by atoms with Crippen molar-refractivity contribution in [2.75, 3.05) is 6.54 Å². The van der Waals surface area contributed by atoms with Gasteiger partial charge in [-0.25, -0.2) is 4.39 Å². The quantitative estimate of drug-likeness (QED) is 0.885. The SMILES string of the molecule is CCNCc1oc2c(F)c(F)ccc2c1CC(C)C. The smallest absolute Gasteiger partial charge is 0.201 e. The molecule has 4 heteroatoms. The molecular formula is C15H19F2NO. The van der Waals surface area contributed by atoms with E-state index in [1.807, 2.05) is 6.92 Å². The first-order valence-electron chi connectivity index (χ1n) is 6.63. The maximum Gasteiger partial charge on any atom is 0.201 e. The largest absolute Gasteiger partial charge is 0.456 e. The molecule has 19 heavy (non-hydrogen) atoms. The number of nitrogens with one attached hydrogen (secondary N) is 1. The Bertz CT molecular complexity index is 575. The van der Waals surface area contributed by atoms with Crippen LogP contribution in [0.25, 0.3) is 11.0 Å². The van der Waals surface area contributed by atoms with Crippen LogP contribution in [0.15, 0.2) is 16.5 Å². The van der Waals surface area contributed by atoms with Gasteiger partial charge in [0, 0.05) is 10.9 Å². The minimum Gasteiger partial charge on any atom is -0.456 e. The maximum absolute atomic E-state index is 13.8. The van der Waals surface area contributed by atoms with Gasteiger partial charge in [-0.1, -0.05) is 20.8 Å². The van der Waals surface area contributed by atoms with Crippen LogP contribution >= 0.6 is 0 Å². The van der Waals surface area contributed by atoms with E-state index in [0.29, 0.717) is 23.6 Å². The Morgan fingerprint density at radius 2 is 2.00 bits per heavy atom. The second kappa shape index (κ2) is 5.70. The molecule has 0 radical (unpaired) electrons. The molecule has 0 atom stereocenters. The second-order valence-corrected chi connectivity index (χ2v) is 5.12. The van der Waals surface area contributed by atoms with Crippen LogP contribution in [-0.4, -0.2) is 6.54 Å². The van der Waals surface area contributed by atoms with Crippen LogP contribution < -0.4 is 5.32 Å². The lowest BCUT2D eigenvalue weighted by atomic mass is 9.99. The topological polar surface area (TPSA) is 25.2 Å². The van der Waals surface area contributed by atoms with Gasteiger partial charge in [-0.15, -0.1) is 0 Å². The van der Waals surface area contributed by atoms with E-state index in [-0.39, 0.29) is 5.58 Å². The molecule has 104 valence electrons. The number of furan rings is 1. The summed E-state index contributed by atoms with van der Waals surface area (Å²) >= 11 is 0. The van der Waals surface area contributed by atoms with Crippen LogP contribution in [0.3, 0.4) is 0 Å². The summed E-state index contributed by atoms with van der Waals surface area (Å²) in [6.45, 7) is 7.51. The van der Waals surface area contributed by atoms with Crippen molar-refractivity contribution in [3.05, 3.63) is 35.1 Å². The van der Waals surface area contributed by atoms with Crippen molar-refractivity contribution >= 4 is 11.0 Å². The fourth-order valence-corrected chi connectivity index (χ4v) is 2.22. The molecule has 0 spiro atoms. The number of rotatable bonds is 5. The molecular weight excluding hydrogens is 248 g/mol. The van der Waals surface area contributed by atoms with E-state index in [4.69, 9.17) is 4.42 Å². The molecule has 1 heterocycles. The van der Waals surface area contributed by atoms with Crippen LogP contribution in [0.5, 0.6) is 0 Å². The molecule has 1 aromatic heterocycles. The zero-order chi connectivity index (χ0) is 14.0. The Balaban J connectivity index is 2.55. The zero-order valence-electron chi connectivity index (χ0n) is 11.5. The lowest BCUT2D eigenvalue weighted by Crippen LogP contribution is -2.12. The molecule has 2 nitrogen and oxygen atoms in total. The highest BCUT2D eigenvalue weighted by Crippen LogP contribution is 2.31. The van der Waals surface area contributed by atoms with E-state index in [1.54, 1.807) is 6.07 Å².